The van der Waals surface area contributed by atoms with Gasteiger partial charge in [-0.1, -0.05) is 30.3 Å². The molecular formula is C20H30N2O4. The molecule has 144 valence electrons. The Labute approximate surface area is 155 Å². The molecule has 0 aromatic heterocycles. The molecule has 0 bridgehead atoms. The molecule has 0 saturated carbocycles. The van der Waals surface area contributed by atoms with E-state index in [2.05, 4.69) is 5.32 Å². The number of ether oxygens (including phenoxy) is 2. The number of aliphatic hydroxyl groups excluding tert-OH is 1. The molecule has 2 atom stereocenters. The van der Waals surface area contributed by atoms with Crippen LogP contribution >= 0.6 is 0 Å². The number of carbonyl (C=O) groups is 1. The van der Waals surface area contributed by atoms with Crippen molar-refractivity contribution in [3.8, 4) is 0 Å². The van der Waals surface area contributed by atoms with E-state index in [4.69, 9.17) is 14.9 Å². The molecule has 1 aromatic carbocycles. The van der Waals surface area contributed by atoms with Crippen molar-refractivity contribution < 1.29 is 19.4 Å². The first-order valence-electron chi connectivity index (χ1n) is 9.38. The number of benzene rings is 1. The predicted octanol–water partition coefficient (Wildman–Crippen LogP) is 2.30. The molecule has 6 heteroatoms. The number of carbonyl (C=O) groups excluding carboxylic acids is 1. The highest BCUT2D eigenvalue weighted by molar-refractivity contribution is 6.37. The maximum absolute atomic E-state index is 11.9. The second-order valence-electron chi connectivity index (χ2n) is 6.81. The fraction of sp³-hybridized carbons (Fsp3) is 0.600. The van der Waals surface area contributed by atoms with Gasteiger partial charge in [0.2, 0.25) is 0 Å². The molecule has 1 aromatic rings. The first-order valence-corrected chi connectivity index (χ1v) is 9.38. The van der Waals surface area contributed by atoms with Crippen molar-refractivity contribution in [3.63, 3.8) is 0 Å². The minimum atomic E-state index is -0.655. The zero-order valence-electron chi connectivity index (χ0n) is 15.3. The van der Waals surface area contributed by atoms with E-state index >= 15 is 0 Å². The molecule has 2 rings (SSSR count). The molecule has 0 radical (unpaired) electrons. The topological polar surface area (TPSA) is 91.6 Å². The fourth-order valence-electron chi connectivity index (χ4n) is 2.87. The van der Waals surface area contributed by atoms with Gasteiger partial charge in [0.1, 0.15) is 0 Å². The van der Waals surface area contributed by atoms with E-state index in [0.29, 0.717) is 38.7 Å². The van der Waals surface area contributed by atoms with Crippen molar-refractivity contribution >= 4 is 11.6 Å². The Hall–Kier alpha value is -1.76. The number of hydrogen-bond donors (Lipinski definition) is 3. The van der Waals surface area contributed by atoms with Crippen LogP contribution in [-0.4, -0.2) is 49.2 Å². The molecule has 1 amide bonds. The molecule has 2 unspecified atom stereocenters. The largest absolute Gasteiger partial charge is 0.393 e. The number of nitrogens with one attached hydrogen (secondary N) is 2. The van der Waals surface area contributed by atoms with Crippen LogP contribution in [-0.2, 0) is 20.9 Å². The number of unbranched alkanes of at least 4 members (excludes halogenated alkanes) is 1. The summed E-state index contributed by atoms with van der Waals surface area (Å²) in [5, 5.41) is 20.6. The molecule has 1 aliphatic rings. The fourth-order valence-corrected chi connectivity index (χ4v) is 2.87. The number of aliphatic hydroxyl groups is 1. The maximum atomic E-state index is 11.9. The quantitative estimate of drug-likeness (QED) is 0.393. The van der Waals surface area contributed by atoms with Gasteiger partial charge in [-0.3, -0.25) is 10.2 Å². The lowest BCUT2D eigenvalue weighted by atomic mass is 10.1. The smallest absolute Gasteiger partial charge is 0.265 e. The number of rotatable bonds is 12. The van der Waals surface area contributed by atoms with Gasteiger partial charge < -0.3 is 19.9 Å². The molecule has 26 heavy (non-hydrogen) atoms. The van der Waals surface area contributed by atoms with Crippen LogP contribution in [0.15, 0.2) is 30.3 Å². The van der Waals surface area contributed by atoms with E-state index in [0.717, 1.165) is 31.4 Å². The summed E-state index contributed by atoms with van der Waals surface area (Å²) in [6, 6.07) is 10.0. The zero-order valence-corrected chi connectivity index (χ0v) is 15.3. The van der Waals surface area contributed by atoms with Crippen molar-refractivity contribution in [1.82, 2.24) is 5.32 Å². The summed E-state index contributed by atoms with van der Waals surface area (Å²) in [5.74, 6) is -0.0466. The van der Waals surface area contributed by atoms with E-state index in [-0.39, 0.29) is 18.0 Å². The van der Waals surface area contributed by atoms with Crippen molar-refractivity contribution in [2.75, 3.05) is 26.4 Å². The van der Waals surface area contributed by atoms with Gasteiger partial charge in [0.05, 0.1) is 25.0 Å². The third-order valence-corrected chi connectivity index (χ3v) is 4.48. The summed E-state index contributed by atoms with van der Waals surface area (Å²) in [6.07, 6.45) is 2.62. The Morgan fingerprint density at radius 3 is 2.88 bits per heavy atom. The summed E-state index contributed by atoms with van der Waals surface area (Å²) in [5.41, 5.74) is 1.09. The van der Waals surface area contributed by atoms with Gasteiger partial charge in [0.15, 0.2) is 0 Å². The number of amides is 1. The Morgan fingerprint density at radius 2 is 2.15 bits per heavy atom. The predicted molar refractivity (Wildman–Crippen MR) is 100 cm³/mol. The second kappa shape index (κ2) is 11.8. The lowest BCUT2D eigenvalue weighted by Crippen LogP contribution is -2.36. The highest BCUT2D eigenvalue weighted by Crippen LogP contribution is 2.11. The molecule has 0 aliphatic carbocycles. The van der Waals surface area contributed by atoms with Gasteiger partial charge in [-0.25, -0.2) is 0 Å². The van der Waals surface area contributed by atoms with Crippen molar-refractivity contribution in [3.05, 3.63) is 35.9 Å². The standard InChI is InChI=1S/C20H30N2O4/c21-19(20(24)22-13-17-9-11-26-15-17)12-18(23)8-4-5-10-25-14-16-6-2-1-3-7-16/h1-3,6-7,17-18,21,23H,4-5,8-15H2,(H,22,24). The van der Waals surface area contributed by atoms with Crippen LogP contribution in [0.3, 0.4) is 0 Å². The van der Waals surface area contributed by atoms with Crippen LogP contribution in [0.25, 0.3) is 0 Å². The summed E-state index contributed by atoms with van der Waals surface area (Å²) >= 11 is 0. The average molecular weight is 362 g/mol. The Balaban J connectivity index is 1.48. The second-order valence-corrected chi connectivity index (χ2v) is 6.81. The van der Waals surface area contributed by atoms with Crippen LogP contribution in [0.4, 0.5) is 0 Å². The van der Waals surface area contributed by atoms with E-state index in [1.54, 1.807) is 0 Å². The first kappa shape index (κ1) is 20.6. The Morgan fingerprint density at radius 1 is 1.35 bits per heavy atom. The van der Waals surface area contributed by atoms with E-state index < -0.39 is 6.10 Å². The summed E-state index contributed by atoms with van der Waals surface area (Å²) < 4.78 is 10.9. The average Bonchev–Trinajstić information content (AvgIpc) is 3.17. The normalized spacial score (nSPS) is 17.8. The van der Waals surface area contributed by atoms with Crippen molar-refractivity contribution in [2.45, 2.75) is 44.8 Å². The van der Waals surface area contributed by atoms with Crippen LogP contribution in [0, 0.1) is 11.3 Å². The third-order valence-electron chi connectivity index (χ3n) is 4.48. The highest BCUT2D eigenvalue weighted by atomic mass is 16.5. The Kier molecular flexibility index (Phi) is 9.31. The lowest BCUT2D eigenvalue weighted by molar-refractivity contribution is -0.115. The van der Waals surface area contributed by atoms with E-state index in [1.165, 1.54) is 0 Å². The molecule has 3 N–H and O–H groups in total. The molecule has 1 heterocycles. The van der Waals surface area contributed by atoms with Crippen LogP contribution < -0.4 is 5.32 Å². The lowest BCUT2D eigenvalue weighted by Gasteiger charge is -2.13. The monoisotopic (exact) mass is 362 g/mol. The van der Waals surface area contributed by atoms with Crippen LogP contribution in [0.2, 0.25) is 0 Å². The highest BCUT2D eigenvalue weighted by Gasteiger charge is 2.19. The summed E-state index contributed by atoms with van der Waals surface area (Å²) in [4.78, 5) is 11.9. The van der Waals surface area contributed by atoms with Crippen molar-refractivity contribution in [2.24, 2.45) is 5.92 Å². The van der Waals surface area contributed by atoms with Gasteiger partial charge >= 0.3 is 0 Å². The molecule has 1 saturated heterocycles. The third kappa shape index (κ3) is 8.08. The van der Waals surface area contributed by atoms with Gasteiger partial charge in [-0.2, -0.15) is 0 Å². The van der Waals surface area contributed by atoms with E-state index in [1.807, 2.05) is 30.3 Å². The minimum absolute atomic E-state index is 0.0586. The Bertz CT molecular complexity index is 544. The maximum Gasteiger partial charge on any atom is 0.265 e. The number of hydrogen-bond acceptors (Lipinski definition) is 5. The minimum Gasteiger partial charge on any atom is -0.393 e. The van der Waals surface area contributed by atoms with E-state index in [9.17, 15) is 9.90 Å². The van der Waals surface area contributed by atoms with Crippen LogP contribution in [0.1, 0.15) is 37.7 Å². The summed E-state index contributed by atoms with van der Waals surface area (Å²) in [7, 11) is 0. The van der Waals surface area contributed by atoms with Gasteiger partial charge in [-0.05, 0) is 31.2 Å². The first-order chi connectivity index (χ1) is 12.6. The molecule has 6 nitrogen and oxygen atoms in total. The SMILES string of the molecule is N=C(CC(O)CCCCOCc1ccccc1)C(=O)NCC1CCOC1. The molecule has 1 aliphatic heterocycles. The molecule has 0 spiro atoms. The molecular weight excluding hydrogens is 332 g/mol. The van der Waals surface area contributed by atoms with Crippen molar-refractivity contribution in [1.29, 1.82) is 5.41 Å². The summed E-state index contributed by atoms with van der Waals surface area (Å²) in [6.45, 7) is 3.19. The molecule has 1 fully saturated rings. The van der Waals surface area contributed by atoms with Gasteiger partial charge in [0.25, 0.3) is 5.91 Å². The zero-order chi connectivity index (χ0) is 18.6. The van der Waals surface area contributed by atoms with Crippen LogP contribution in [0.5, 0.6) is 0 Å². The van der Waals surface area contributed by atoms with Gasteiger partial charge in [0, 0.05) is 32.1 Å². The van der Waals surface area contributed by atoms with Gasteiger partial charge in [-0.15, -0.1) is 0 Å².